The van der Waals surface area contributed by atoms with E-state index in [4.69, 9.17) is 4.74 Å². The molecule has 1 amide bonds. The Hall–Kier alpha value is -2.02. The fraction of sp³-hybridized carbons (Fsp3) is 0.333. The Morgan fingerprint density at radius 2 is 1.84 bits per heavy atom. The number of anilines is 1. The van der Waals surface area contributed by atoms with Gasteiger partial charge < -0.3 is 14.8 Å². The van der Waals surface area contributed by atoms with E-state index in [-0.39, 0.29) is 18.9 Å². The number of esters is 1. The summed E-state index contributed by atoms with van der Waals surface area (Å²) in [5, 5.41) is 2.28. The monoisotopic (exact) mass is 271 g/mol. The van der Waals surface area contributed by atoms with E-state index in [1.807, 2.05) is 0 Å². The molecule has 2 rings (SSSR count). The van der Waals surface area contributed by atoms with Gasteiger partial charge in [0, 0.05) is 11.8 Å². The second-order valence-corrected chi connectivity index (χ2v) is 4.18. The topological polar surface area (TPSA) is 64.6 Å². The first-order valence-corrected chi connectivity index (χ1v) is 5.42. The van der Waals surface area contributed by atoms with Crippen LogP contribution in [-0.4, -0.2) is 32.2 Å². The average Bonchev–Trinajstić information content (AvgIpc) is 2.25. The molecule has 0 spiro atoms. The van der Waals surface area contributed by atoms with Crippen molar-refractivity contribution in [2.45, 2.75) is 0 Å². The van der Waals surface area contributed by atoms with Crippen LogP contribution >= 0.6 is 0 Å². The SMILES string of the molecule is COC(=O)C1(C(=O)Nc2cc(F)cc(F)c2)COC1. The molecule has 0 bridgehead atoms. The fourth-order valence-electron chi connectivity index (χ4n) is 1.72. The van der Waals surface area contributed by atoms with Crippen LogP contribution in [0.1, 0.15) is 0 Å². The van der Waals surface area contributed by atoms with Crippen molar-refractivity contribution in [3.63, 3.8) is 0 Å². The van der Waals surface area contributed by atoms with Crippen LogP contribution in [0, 0.1) is 17.0 Å². The van der Waals surface area contributed by atoms with Gasteiger partial charge in [-0.3, -0.25) is 9.59 Å². The first-order valence-electron chi connectivity index (χ1n) is 5.42. The first kappa shape index (κ1) is 13.4. The smallest absolute Gasteiger partial charge is 0.326 e. The van der Waals surface area contributed by atoms with Crippen LogP contribution in [0.2, 0.25) is 0 Å². The minimum absolute atomic E-state index is 0.0716. The zero-order chi connectivity index (χ0) is 14.0. The number of hydrogen-bond acceptors (Lipinski definition) is 4. The van der Waals surface area contributed by atoms with Crippen LogP contribution in [0.4, 0.5) is 14.5 Å². The van der Waals surface area contributed by atoms with Crippen LogP contribution in [0.25, 0.3) is 0 Å². The Labute approximate surface area is 107 Å². The highest BCUT2D eigenvalue weighted by Crippen LogP contribution is 2.31. The number of nitrogens with one attached hydrogen (secondary N) is 1. The van der Waals surface area contributed by atoms with Gasteiger partial charge in [0.15, 0.2) is 5.41 Å². The Morgan fingerprint density at radius 1 is 1.26 bits per heavy atom. The highest BCUT2D eigenvalue weighted by molar-refractivity contribution is 6.09. The third-order valence-electron chi connectivity index (χ3n) is 2.83. The van der Waals surface area contributed by atoms with Gasteiger partial charge in [-0.25, -0.2) is 8.78 Å². The van der Waals surface area contributed by atoms with Crippen LogP contribution in [0.5, 0.6) is 0 Å². The molecule has 1 aromatic carbocycles. The largest absolute Gasteiger partial charge is 0.468 e. The number of rotatable bonds is 3. The number of carbonyl (C=O) groups excluding carboxylic acids is 2. The molecule has 1 heterocycles. The van der Waals surface area contributed by atoms with Gasteiger partial charge in [-0.2, -0.15) is 0 Å². The highest BCUT2D eigenvalue weighted by Gasteiger charge is 2.54. The van der Waals surface area contributed by atoms with Crippen molar-refractivity contribution in [1.29, 1.82) is 0 Å². The molecular weight excluding hydrogens is 260 g/mol. The van der Waals surface area contributed by atoms with Crippen molar-refractivity contribution in [2.24, 2.45) is 5.41 Å². The van der Waals surface area contributed by atoms with Gasteiger partial charge in [0.05, 0.1) is 20.3 Å². The minimum atomic E-state index is -1.45. The summed E-state index contributed by atoms with van der Waals surface area (Å²) in [6, 6.07) is 2.58. The summed E-state index contributed by atoms with van der Waals surface area (Å²) >= 11 is 0. The molecule has 102 valence electrons. The summed E-state index contributed by atoms with van der Waals surface area (Å²) in [5.41, 5.74) is -1.52. The molecule has 1 saturated heterocycles. The van der Waals surface area contributed by atoms with Gasteiger partial charge in [0.2, 0.25) is 5.91 Å². The van der Waals surface area contributed by atoms with E-state index in [0.717, 1.165) is 19.2 Å². The second-order valence-electron chi connectivity index (χ2n) is 4.18. The maximum atomic E-state index is 13.0. The number of ether oxygens (including phenoxy) is 2. The van der Waals surface area contributed by atoms with Crippen LogP contribution in [0.3, 0.4) is 0 Å². The Balaban J connectivity index is 2.18. The van der Waals surface area contributed by atoms with E-state index >= 15 is 0 Å². The second kappa shape index (κ2) is 4.93. The molecule has 19 heavy (non-hydrogen) atoms. The molecule has 0 saturated carbocycles. The number of benzene rings is 1. The maximum Gasteiger partial charge on any atom is 0.326 e. The maximum absolute atomic E-state index is 13.0. The average molecular weight is 271 g/mol. The van der Waals surface area contributed by atoms with Crippen molar-refractivity contribution < 1.29 is 27.8 Å². The number of halogens is 2. The molecule has 1 N–H and O–H groups in total. The van der Waals surface area contributed by atoms with E-state index in [1.54, 1.807) is 0 Å². The van der Waals surface area contributed by atoms with Crippen molar-refractivity contribution in [3.05, 3.63) is 29.8 Å². The molecule has 1 aliphatic rings. The van der Waals surface area contributed by atoms with E-state index in [2.05, 4.69) is 10.1 Å². The lowest BCUT2D eigenvalue weighted by Crippen LogP contribution is -2.57. The predicted octanol–water partition coefficient (Wildman–Crippen LogP) is 1.09. The van der Waals surface area contributed by atoms with Gasteiger partial charge in [-0.15, -0.1) is 0 Å². The molecule has 5 nitrogen and oxygen atoms in total. The van der Waals surface area contributed by atoms with Crippen LogP contribution in [-0.2, 0) is 19.1 Å². The number of carbonyl (C=O) groups is 2. The molecule has 0 unspecified atom stereocenters. The summed E-state index contributed by atoms with van der Waals surface area (Å²) in [5.74, 6) is -3.11. The quantitative estimate of drug-likeness (QED) is 0.660. The third kappa shape index (κ3) is 2.41. The van der Waals surface area contributed by atoms with E-state index in [0.29, 0.717) is 6.07 Å². The van der Waals surface area contributed by atoms with Crippen molar-refractivity contribution in [1.82, 2.24) is 0 Å². The summed E-state index contributed by atoms with van der Waals surface area (Å²) in [6.07, 6.45) is 0. The normalized spacial score (nSPS) is 16.4. The zero-order valence-corrected chi connectivity index (χ0v) is 10.0. The molecule has 1 fully saturated rings. The lowest BCUT2D eigenvalue weighted by atomic mass is 9.85. The summed E-state index contributed by atoms with van der Waals surface area (Å²) in [6.45, 7) is -0.243. The molecule has 1 aromatic rings. The fourth-order valence-corrected chi connectivity index (χ4v) is 1.72. The summed E-state index contributed by atoms with van der Waals surface area (Å²) < 4.78 is 35.4. The van der Waals surface area contributed by atoms with Gasteiger partial charge in [0.1, 0.15) is 11.6 Å². The predicted molar refractivity (Wildman–Crippen MR) is 60.3 cm³/mol. The molecule has 1 aliphatic heterocycles. The molecule has 7 heteroatoms. The minimum Gasteiger partial charge on any atom is -0.468 e. The van der Waals surface area contributed by atoms with E-state index in [1.165, 1.54) is 0 Å². The Bertz CT molecular complexity index is 508. The summed E-state index contributed by atoms with van der Waals surface area (Å²) in [4.78, 5) is 23.6. The van der Waals surface area contributed by atoms with Crippen molar-refractivity contribution in [3.8, 4) is 0 Å². The molecule has 0 aliphatic carbocycles. The number of hydrogen-bond donors (Lipinski definition) is 1. The number of amides is 1. The highest BCUT2D eigenvalue weighted by atomic mass is 19.1. The van der Waals surface area contributed by atoms with Gasteiger partial charge in [0.25, 0.3) is 0 Å². The van der Waals surface area contributed by atoms with E-state index in [9.17, 15) is 18.4 Å². The Kier molecular flexibility index (Phi) is 3.48. The van der Waals surface area contributed by atoms with Gasteiger partial charge >= 0.3 is 5.97 Å². The molecule has 0 atom stereocenters. The van der Waals surface area contributed by atoms with E-state index < -0.39 is 28.9 Å². The van der Waals surface area contributed by atoms with Crippen molar-refractivity contribution >= 4 is 17.6 Å². The lowest BCUT2D eigenvalue weighted by Gasteiger charge is -2.36. The van der Waals surface area contributed by atoms with Crippen LogP contribution < -0.4 is 5.32 Å². The van der Waals surface area contributed by atoms with Crippen LogP contribution in [0.15, 0.2) is 18.2 Å². The molecule has 0 aromatic heterocycles. The van der Waals surface area contributed by atoms with Gasteiger partial charge in [-0.1, -0.05) is 0 Å². The molecular formula is C12H11F2NO4. The summed E-state index contributed by atoms with van der Waals surface area (Å²) in [7, 11) is 1.15. The van der Waals surface area contributed by atoms with Gasteiger partial charge in [-0.05, 0) is 12.1 Å². The standard InChI is InChI=1S/C12H11F2NO4/c1-18-11(17)12(5-19-6-12)10(16)15-9-3-7(13)2-8(14)4-9/h2-4H,5-6H2,1H3,(H,15,16). The zero-order valence-electron chi connectivity index (χ0n) is 10.0. The lowest BCUT2D eigenvalue weighted by molar-refractivity contribution is -0.185. The molecule has 0 radical (unpaired) electrons. The van der Waals surface area contributed by atoms with Crippen molar-refractivity contribution in [2.75, 3.05) is 25.6 Å². The third-order valence-corrected chi connectivity index (χ3v) is 2.83. The Morgan fingerprint density at radius 3 is 2.26 bits per heavy atom. The first-order chi connectivity index (χ1) is 8.98. The number of methoxy groups -OCH3 is 1.